The zero-order chi connectivity index (χ0) is 23.1. The Morgan fingerprint density at radius 1 is 1.18 bits per heavy atom. The molecule has 0 bridgehead atoms. The van der Waals surface area contributed by atoms with Gasteiger partial charge < -0.3 is 19.7 Å². The van der Waals surface area contributed by atoms with E-state index in [1.807, 2.05) is 0 Å². The van der Waals surface area contributed by atoms with Gasteiger partial charge in [0.2, 0.25) is 11.8 Å². The van der Waals surface area contributed by atoms with E-state index in [2.05, 4.69) is 10.6 Å². The summed E-state index contributed by atoms with van der Waals surface area (Å²) in [6.07, 6.45) is 2.26. The first-order chi connectivity index (χ1) is 15.9. The molecule has 5 rings (SSSR count). The first-order valence-corrected chi connectivity index (χ1v) is 10.5. The van der Waals surface area contributed by atoms with E-state index in [1.165, 1.54) is 4.90 Å². The highest BCUT2D eigenvalue weighted by atomic mass is 16.5. The molecule has 9 nitrogen and oxygen atoms in total. The van der Waals surface area contributed by atoms with Crippen LogP contribution in [0.5, 0.6) is 11.5 Å². The number of nitrogens with zero attached hydrogens (tertiary/aromatic N) is 1. The van der Waals surface area contributed by atoms with E-state index in [1.54, 1.807) is 49.6 Å². The summed E-state index contributed by atoms with van der Waals surface area (Å²) < 4.78 is 10.9. The first-order valence-electron chi connectivity index (χ1n) is 10.5. The number of carbonyl (C=O) groups is 4. The predicted molar refractivity (Wildman–Crippen MR) is 118 cm³/mol. The fourth-order valence-electron chi connectivity index (χ4n) is 4.28. The van der Waals surface area contributed by atoms with Gasteiger partial charge in [-0.1, -0.05) is 0 Å². The molecule has 3 heterocycles. The molecule has 0 radical (unpaired) electrons. The third-order valence-electron chi connectivity index (χ3n) is 6.00. The molecular formula is C24H21N3O6. The van der Waals surface area contributed by atoms with Crippen LogP contribution in [-0.4, -0.2) is 48.3 Å². The molecule has 33 heavy (non-hydrogen) atoms. The zero-order valence-electron chi connectivity index (χ0n) is 17.8. The number of imide groups is 1. The van der Waals surface area contributed by atoms with Crippen molar-refractivity contribution in [3.8, 4) is 11.5 Å². The van der Waals surface area contributed by atoms with Gasteiger partial charge >= 0.3 is 0 Å². The average molecular weight is 447 g/mol. The summed E-state index contributed by atoms with van der Waals surface area (Å²) in [5, 5.41) is 5.14. The van der Waals surface area contributed by atoms with Gasteiger partial charge in [-0.15, -0.1) is 0 Å². The van der Waals surface area contributed by atoms with E-state index in [9.17, 15) is 19.2 Å². The molecule has 4 amide bonds. The molecule has 2 aromatic rings. The van der Waals surface area contributed by atoms with Gasteiger partial charge in [-0.2, -0.15) is 0 Å². The van der Waals surface area contributed by atoms with Gasteiger partial charge in [-0.3, -0.25) is 24.5 Å². The highest BCUT2D eigenvalue weighted by Crippen LogP contribution is 2.32. The van der Waals surface area contributed by atoms with E-state index in [0.717, 1.165) is 5.56 Å². The first kappa shape index (κ1) is 20.7. The third kappa shape index (κ3) is 3.82. The van der Waals surface area contributed by atoms with Crippen LogP contribution in [0.15, 0.2) is 42.0 Å². The van der Waals surface area contributed by atoms with Crippen LogP contribution < -0.4 is 20.1 Å². The molecule has 3 aliphatic rings. The van der Waals surface area contributed by atoms with Crippen molar-refractivity contribution in [3.05, 3.63) is 58.7 Å². The molecule has 1 fully saturated rings. The number of anilines is 1. The second-order valence-electron chi connectivity index (χ2n) is 8.09. The molecule has 9 heteroatoms. The highest BCUT2D eigenvalue weighted by Gasteiger charge is 2.39. The van der Waals surface area contributed by atoms with Crippen LogP contribution in [-0.2, 0) is 20.9 Å². The molecule has 0 aliphatic carbocycles. The van der Waals surface area contributed by atoms with E-state index >= 15 is 0 Å². The molecule has 1 unspecified atom stereocenters. The van der Waals surface area contributed by atoms with Crippen LogP contribution in [0, 0.1) is 0 Å². The monoisotopic (exact) mass is 447 g/mol. The van der Waals surface area contributed by atoms with Crippen molar-refractivity contribution in [3.63, 3.8) is 0 Å². The van der Waals surface area contributed by atoms with Crippen LogP contribution in [0.3, 0.4) is 0 Å². The summed E-state index contributed by atoms with van der Waals surface area (Å²) in [4.78, 5) is 50.7. The summed E-state index contributed by atoms with van der Waals surface area (Å²) in [6.45, 7) is 0.376. The number of ether oxygens (including phenoxy) is 2. The Bertz CT molecular complexity index is 1230. The molecule has 1 atom stereocenters. The highest BCUT2D eigenvalue weighted by molar-refractivity contribution is 6.08. The lowest BCUT2D eigenvalue weighted by Crippen LogP contribution is -2.52. The predicted octanol–water partition coefficient (Wildman–Crippen LogP) is 1.87. The van der Waals surface area contributed by atoms with Crippen molar-refractivity contribution in [2.24, 2.45) is 0 Å². The van der Waals surface area contributed by atoms with E-state index in [-0.39, 0.29) is 37.3 Å². The van der Waals surface area contributed by atoms with Crippen molar-refractivity contribution in [2.45, 2.75) is 25.4 Å². The molecule has 0 saturated carbocycles. The van der Waals surface area contributed by atoms with Gasteiger partial charge in [0.1, 0.15) is 24.1 Å². The summed E-state index contributed by atoms with van der Waals surface area (Å²) in [6, 6.07) is 9.74. The molecule has 1 saturated heterocycles. The van der Waals surface area contributed by atoms with Crippen LogP contribution in [0.1, 0.15) is 34.3 Å². The number of fused-ring (bicyclic) bond motifs is 2. The third-order valence-corrected chi connectivity index (χ3v) is 6.00. The standard InChI is InChI=1S/C24H21N3O6/c1-32-17-3-6-20-13(10-17)8-15(12-33-20)22(29)25-16-2-4-18-14(9-16)11-27(24(18)31)19-5-7-21(28)26-23(19)30/h2-4,6,8-10,19H,5,7,11-12H2,1H3,(H,25,29)(H,26,28,30). The zero-order valence-corrected chi connectivity index (χ0v) is 17.8. The second-order valence-corrected chi connectivity index (χ2v) is 8.09. The van der Waals surface area contributed by atoms with Gasteiger partial charge in [0.15, 0.2) is 0 Å². The van der Waals surface area contributed by atoms with Crippen LogP contribution in [0.2, 0.25) is 0 Å². The molecule has 0 spiro atoms. The smallest absolute Gasteiger partial charge is 0.255 e. The number of hydrogen-bond acceptors (Lipinski definition) is 6. The lowest BCUT2D eigenvalue weighted by atomic mass is 10.0. The number of nitrogens with one attached hydrogen (secondary N) is 2. The topological polar surface area (TPSA) is 114 Å². The summed E-state index contributed by atoms with van der Waals surface area (Å²) >= 11 is 0. The minimum atomic E-state index is -0.678. The summed E-state index contributed by atoms with van der Waals surface area (Å²) in [5.74, 6) is -0.00769. The Hall–Kier alpha value is -4.14. The van der Waals surface area contributed by atoms with E-state index in [4.69, 9.17) is 9.47 Å². The van der Waals surface area contributed by atoms with E-state index < -0.39 is 11.9 Å². The number of hydrogen-bond donors (Lipinski definition) is 2. The van der Waals surface area contributed by atoms with Crippen molar-refractivity contribution >= 4 is 35.4 Å². The number of carbonyl (C=O) groups excluding carboxylic acids is 4. The summed E-state index contributed by atoms with van der Waals surface area (Å²) in [7, 11) is 1.57. The number of benzene rings is 2. The number of methoxy groups -OCH3 is 1. The van der Waals surface area contributed by atoms with Gasteiger partial charge in [-0.25, -0.2) is 0 Å². The fourth-order valence-corrected chi connectivity index (χ4v) is 4.28. The Labute approximate surface area is 189 Å². The van der Waals surface area contributed by atoms with E-state index in [0.29, 0.717) is 40.3 Å². The van der Waals surface area contributed by atoms with Gasteiger partial charge in [0.05, 0.1) is 12.7 Å². The van der Waals surface area contributed by atoms with Crippen LogP contribution in [0.4, 0.5) is 5.69 Å². The number of amides is 4. The van der Waals surface area contributed by atoms with Crippen LogP contribution >= 0.6 is 0 Å². The maximum Gasteiger partial charge on any atom is 0.255 e. The van der Waals surface area contributed by atoms with Gasteiger partial charge in [-0.05, 0) is 54.5 Å². The van der Waals surface area contributed by atoms with Crippen LogP contribution in [0.25, 0.3) is 6.08 Å². The Balaban J connectivity index is 1.31. The molecule has 0 aromatic heterocycles. The quantitative estimate of drug-likeness (QED) is 0.692. The molecular weight excluding hydrogens is 426 g/mol. The van der Waals surface area contributed by atoms with Gasteiger partial charge in [0, 0.05) is 29.8 Å². The van der Waals surface area contributed by atoms with Crippen molar-refractivity contribution in [1.82, 2.24) is 10.2 Å². The molecule has 2 N–H and O–H groups in total. The number of rotatable bonds is 4. The minimum Gasteiger partial charge on any atom is -0.497 e. The van der Waals surface area contributed by atoms with Crippen molar-refractivity contribution in [1.29, 1.82) is 0 Å². The van der Waals surface area contributed by atoms with Crippen molar-refractivity contribution < 1.29 is 28.7 Å². The summed E-state index contributed by atoms with van der Waals surface area (Å²) in [5.41, 5.74) is 2.95. The lowest BCUT2D eigenvalue weighted by molar-refractivity contribution is -0.136. The van der Waals surface area contributed by atoms with Crippen molar-refractivity contribution in [2.75, 3.05) is 19.0 Å². The Kier molecular flexibility index (Phi) is 5.08. The largest absolute Gasteiger partial charge is 0.497 e. The number of piperidine rings is 1. The Morgan fingerprint density at radius 2 is 2.03 bits per heavy atom. The SMILES string of the molecule is COc1ccc2c(c1)C=C(C(=O)Nc1ccc3c(c1)CN(C1CCC(=O)NC1=O)C3=O)CO2. The normalized spacial score (nSPS) is 19.2. The maximum absolute atomic E-state index is 12.8. The Morgan fingerprint density at radius 3 is 2.82 bits per heavy atom. The molecule has 2 aromatic carbocycles. The molecule has 168 valence electrons. The average Bonchev–Trinajstić information content (AvgIpc) is 3.13. The second kappa shape index (κ2) is 8.09. The minimum absolute atomic E-state index is 0.137. The lowest BCUT2D eigenvalue weighted by Gasteiger charge is -2.29. The fraction of sp³-hybridized carbons (Fsp3) is 0.250. The molecule has 3 aliphatic heterocycles. The van der Waals surface area contributed by atoms with Gasteiger partial charge in [0.25, 0.3) is 11.8 Å². The maximum atomic E-state index is 12.8.